The molecule has 0 bridgehead atoms. The minimum Gasteiger partial charge on any atom is -0.488 e. The van der Waals surface area contributed by atoms with E-state index in [0.29, 0.717) is 40.8 Å². The molecule has 3 heterocycles. The molecule has 0 saturated carbocycles. The normalized spacial score (nSPS) is 19.4. The van der Waals surface area contributed by atoms with Gasteiger partial charge in [0.1, 0.15) is 17.9 Å². The Morgan fingerprint density at radius 1 is 1.19 bits per heavy atom. The molecule has 2 aliphatic heterocycles. The van der Waals surface area contributed by atoms with Gasteiger partial charge in [-0.25, -0.2) is 9.97 Å². The number of benzene rings is 2. The van der Waals surface area contributed by atoms with Gasteiger partial charge in [0.05, 0.1) is 40.9 Å². The summed E-state index contributed by atoms with van der Waals surface area (Å²) in [5.74, 6) is 1.000. The largest absolute Gasteiger partial charge is 0.488 e. The number of hydrogen-bond donors (Lipinski definition) is 3. The number of hydrogen-bond acceptors (Lipinski definition) is 9. The lowest BCUT2D eigenvalue weighted by Crippen LogP contribution is -2.35. The summed E-state index contributed by atoms with van der Waals surface area (Å²) in [5, 5.41) is 35.7. The molecular weight excluding hydrogens is 466 g/mol. The standard InChI is InChI=1S/C28H29N7O2/c1-28(17-36)16-32-26-20(15-30)12-19(13-22(26)28)23-5-8-31-27(33-23)34-24-11-18(14-29)3-4-25(24)37-21-6-9-35(2)10-7-21/h3-5,8,11-13,21,32,36H,6-7,9-10,16-17H2,1-2H3,(H,31,33,34)/t28-/m1/s1. The molecule has 0 spiro atoms. The Morgan fingerprint density at radius 2 is 2.00 bits per heavy atom. The number of anilines is 3. The molecule has 3 N–H and O–H groups in total. The molecule has 188 valence electrons. The molecule has 9 nitrogen and oxygen atoms in total. The van der Waals surface area contributed by atoms with Gasteiger partial charge >= 0.3 is 0 Å². The van der Waals surface area contributed by atoms with Crippen molar-refractivity contribution in [3.05, 3.63) is 59.3 Å². The van der Waals surface area contributed by atoms with Gasteiger partial charge in [0.15, 0.2) is 0 Å². The Kier molecular flexibility index (Phi) is 6.66. The van der Waals surface area contributed by atoms with E-state index < -0.39 is 5.41 Å². The van der Waals surface area contributed by atoms with E-state index in [1.165, 1.54) is 0 Å². The number of rotatable bonds is 6. The Labute approximate surface area is 216 Å². The summed E-state index contributed by atoms with van der Waals surface area (Å²) in [6, 6.07) is 15.3. The first-order valence-corrected chi connectivity index (χ1v) is 12.4. The lowest BCUT2D eigenvalue weighted by Gasteiger charge is -2.30. The van der Waals surface area contributed by atoms with Crippen molar-refractivity contribution in [2.24, 2.45) is 0 Å². The van der Waals surface area contributed by atoms with Crippen LogP contribution in [0.3, 0.4) is 0 Å². The molecule has 1 atom stereocenters. The first-order chi connectivity index (χ1) is 17.9. The van der Waals surface area contributed by atoms with Crippen LogP contribution in [0, 0.1) is 22.7 Å². The van der Waals surface area contributed by atoms with Crippen LogP contribution in [-0.2, 0) is 5.41 Å². The molecule has 0 aliphatic carbocycles. The maximum absolute atomic E-state index is 10.0. The highest BCUT2D eigenvalue weighted by atomic mass is 16.5. The number of likely N-dealkylation sites (tertiary alicyclic amines) is 1. The van der Waals surface area contributed by atoms with Gasteiger partial charge in [0, 0.05) is 36.8 Å². The van der Waals surface area contributed by atoms with Gasteiger partial charge in [-0.3, -0.25) is 0 Å². The fourth-order valence-electron chi connectivity index (χ4n) is 4.85. The van der Waals surface area contributed by atoms with E-state index >= 15 is 0 Å². The molecule has 1 aromatic heterocycles. The molecule has 0 amide bonds. The highest BCUT2D eigenvalue weighted by Crippen LogP contribution is 2.41. The topological polar surface area (TPSA) is 130 Å². The van der Waals surface area contributed by atoms with E-state index in [9.17, 15) is 15.6 Å². The summed E-state index contributed by atoms with van der Waals surface area (Å²) < 4.78 is 6.32. The van der Waals surface area contributed by atoms with Gasteiger partial charge in [0.25, 0.3) is 0 Å². The highest BCUT2D eigenvalue weighted by Gasteiger charge is 2.36. The first-order valence-electron chi connectivity index (χ1n) is 12.4. The summed E-state index contributed by atoms with van der Waals surface area (Å²) >= 11 is 0. The van der Waals surface area contributed by atoms with Gasteiger partial charge in [-0.15, -0.1) is 0 Å². The highest BCUT2D eigenvalue weighted by molar-refractivity contribution is 5.76. The fourth-order valence-corrected chi connectivity index (χ4v) is 4.85. The molecule has 0 unspecified atom stereocenters. The molecule has 37 heavy (non-hydrogen) atoms. The minimum absolute atomic E-state index is 0.0345. The summed E-state index contributed by atoms with van der Waals surface area (Å²) in [7, 11) is 2.11. The molecule has 5 rings (SSSR count). The number of nitrogens with one attached hydrogen (secondary N) is 2. The second-order valence-electron chi connectivity index (χ2n) is 9.96. The van der Waals surface area contributed by atoms with Crippen LogP contribution in [0.15, 0.2) is 42.6 Å². The van der Waals surface area contributed by atoms with Crippen molar-refractivity contribution in [3.8, 4) is 29.1 Å². The van der Waals surface area contributed by atoms with Gasteiger partial charge in [-0.1, -0.05) is 6.92 Å². The quantitative estimate of drug-likeness (QED) is 0.468. The molecule has 2 aromatic carbocycles. The van der Waals surface area contributed by atoms with Crippen LogP contribution in [0.2, 0.25) is 0 Å². The molecule has 1 fully saturated rings. The van der Waals surface area contributed by atoms with Gasteiger partial charge in [-0.05, 0) is 61.9 Å². The maximum Gasteiger partial charge on any atom is 0.227 e. The van der Waals surface area contributed by atoms with E-state index in [4.69, 9.17) is 9.72 Å². The number of aliphatic hydroxyl groups is 1. The second kappa shape index (κ2) is 10.1. The van der Waals surface area contributed by atoms with Crippen molar-refractivity contribution < 1.29 is 9.84 Å². The van der Waals surface area contributed by atoms with Crippen LogP contribution in [0.4, 0.5) is 17.3 Å². The van der Waals surface area contributed by atoms with Crippen LogP contribution in [0.1, 0.15) is 36.5 Å². The average molecular weight is 496 g/mol. The number of nitrogens with zero attached hydrogens (tertiary/aromatic N) is 5. The molecule has 3 aromatic rings. The second-order valence-corrected chi connectivity index (χ2v) is 9.96. The summed E-state index contributed by atoms with van der Waals surface area (Å²) in [6.45, 7) is 4.45. The number of aromatic nitrogens is 2. The number of fused-ring (bicyclic) bond motifs is 1. The van der Waals surface area contributed by atoms with Crippen LogP contribution in [-0.4, -0.2) is 59.4 Å². The predicted molar refractivity (Wildman–Crippen MR) is 141 cm³/mol. The fraction of sp³-hybridized carbons (Fsp3) is 0.357. The third-order valence-electron chi connectivity index (χ3n) is 7.18. The van der Waals surface area contributed by atoms with Crippen molar-refractivity contribution in [3.63, 3.8) is 0 Å². The number of piperidine rings is 1. The van der Waals surface area contributed by atoms with Crippen LogP contribution in [0.25, 0.3) is 11.3 Å². The maximum atomic E-state index is 10.0. The lowest BCUT2D eigenvalue weighted by molar-refractivity contribution is 0.115. The lowest BCUT2D eigenvalue weighted by atomic mass is 9.83. The molecule has 0 radical (unpaired) electrons. The SMILES string of the molecule is CN1CCC(Oc2ccc(C#N)cc2Nc2nccc(-c3cc(C#N)c4c(c3)[C@@](C)(CO)CN4)n2)CC1. The van der Waals surface area contributed by atoms with E-state index in [-0.39, 0.29) is 12.7 Å². The van der Waals surface area contributed by atoms with Crippen LogP contribution < -0.4 is 15.4 Å². The van der Waals surface area contributed by atoms with Gasteiger partial charge in [-0.2, -0.15) is 10.5 Å². The minimum atomic E-state index is -0.483. The first kappa shape index (κ1) is 24.5. The predicted octanol–water partition coefficient (Wildman–Crippen LogP) is 3.78. The van der Waals surface area contributed by atoms with Crippen LogP contribution in [0.5, 0.6) is 5.75 Å². The zero-order valence-electron chi connectivity index (χ0n) is 21.0. The Hall–Kier alpha value is -4.18. The summed E-state index contributed by atoms with van der Waals surface area (Å²) in [6.07, 6.45) is 3.62. The van der Waals surface area contributed by atoms with Gasteiger partial charge in [0.2, 0.25) is 5.95 Å². The number of ether oxygens (including phenoxy) is 1. The number of aliphatic hydroxyl groups excluding tert-OH is 1. The zero-order valence-corrected chi connectivity index (χ0v) is 21.0. The van der Waals surface area contributed by atoms with Crippen molar-refractivity contribution in [1.82, 2.24) is 14.9 Å². The van der Waals surface area contributed by atoms with E-state index in [1.807, 2.05) is 19.1 Å². The van der Waals surface area contributed by atoms with Crippen molar-refractivity contribution in [2.45, 2.75) is 31.3 Å². The smallest absolute Gasteiger partial charge is 0.227 e. The Bertz CT molecular complexity index is 1400. The summed E-state index contributed by atoms with van der Waals surface area (Å²) in [5.41, 5.74) is 4.21. The Balaban J connectivity index is 1.46. The average Bonchev–Trinajstić information content (AvgIpc) is 3.27. The Morgan fingerprint density at radius 3 is 2.73 bits per heavy atom. The molecule has 1 saturated heterocycles. The summed E-state index contributed by atoms with van der Waals surface area (Å²) in [4.78, 5) is 11.4. The monoisotopic (exact) mass is 495 g/mol. The van der Waals surface area contributed by atoms with E-state index in [1.54, 1.807) is 30.5 Å². The van der Waals surface area contributed by atoms with Crippen LogP contribution >= 0.6 is 0 Å². The zero-order chi connectivity index (χ0) is 26.0. The third kappa shape index (κ3) is 4.92. The van der Waals surface area contributed by atoms with E-state index in [0.717, 1.165) is 42.7 Å². The van der Waals surface area contributed by atoms with Gasteiger partial charge < -0.3 is 25.4 Å². The van der Waals surface area contributed by atoms with Crippen molar-refractivity contribution in [1.29, 1.82) is 10.5 Å². The number of nitriles is 2. The molecule has 2 aliphatic rings. The molecule has 9 heteroatoms. The van der Waals surface area contributed by atoms with Crippen molar-refractivity contribution >= 4 is 17.3 Å². The van der Waals surface area contributed by atoms with Crippen molar-refractivity contribution in [2.75, 3.05) is 43.9 Å². The molecular formula is C28H29N7O2. The van der Waals surface area contributed by atoms with E-state index in [2.05, 4.69) is 39.7 Å². The third-order valence-corrected chi connectivity index (χ3v) is 7.18.